The molecule has 0 aliphatic carbocycles. The SMILES string of the molecule is [C-]#[N+]c1ccc2c(C)c(C(=O)c3ccc(Cl)cc3)c(=O)oc2c1.[C-]#[N+]c1ccc2c(CC(=O)c3ccc(Cl)cc3)cc(=O)oc2c1. The number of carbonyl (C=O) groups excluding carboxylic acids is 2. The number of nitrogens with zero attached hydrogens (tertiary/aromatic N) is 2. The first-order valence-corrected chi connectivity index (χ1v) is 14.3. The molecule has 2 aromatic heterocycles. The van der Waals surface area contributed by atoms with Gasteiger partial charge in [-0.05, 0) is 78.7 Å². The number of halogens is 2. The van der Waals surface area contributed by atoms with Crippen molar-refractivity contribution in [3.63, 3.8) is 0 Å². The lowest BCUT2D eigenvalue weighted by atomic mass is 9.98. The molecule has 0 aliphatic rings. The first-order valence-electron chi connectivity index (χ1n) is 13.6. The summed E-state index contributed by atoms with van der Waals surface area (Å²) in [6.45, 7) is 15.7. The van der Waals surface area contributed by atoms with Crippen LogP contribution < -0.4 is 11.3 Å². The maximum absolute atomic E-state index is 12.6. The van der Waals surface area contributed by atoms with Gasteiger partial charge in [0.05, 0.1) is 13.1 Å². The Labute approximate surface area is 271 Å². The third-order valence-corrected chi connectivity index (χ3v) is 7.58. The third-order valence-electron chi connectivity index (χ3n) is 7.07. The first-order chi connectivity index (χ1) is 22.1. The van der Waals surface area contributed by atoms with Crippen LogP contribution in [-0.4, -0.2) is 11.6 Å². The minimum atomic E-state index is -0.711. The van der Waals surface area contributed by atoms with E-state index in [2.05, 4.69) is 9.69 Å². The van der Waals surface area contributed by atoms with E-state index < -0.39 is 17.0 Å². The van der Waals surface area contributed by atoms with Gasteiger partial charge in [0.2, 0.25) is 5.78 Å². The molecule has 6 aromatic rings. The molecule has 0 bridgehead atoms. The van der Waals surface area contributed by atoms with Gasteiger partial charge in [0, 0.05) is 44.4 Å². The Balaban J connectivity index is 0.000000181. The summed E-state index contributed by atoms with van der Waals surface area (Å²) < 4.78 is 10.4. The van der Waals surface area contributed by atoms with Crippen LogP contribution >= 0.6 is 23.2 Å². The quantitative estimate of drug-likeness (QED) is 0.105. The second kappa shape index (κ2) is 13.5. The van der Waals surface area contributed by atoms with Gasteiger partial charge in [-0.25, -0.2) is 19.3 Å². The lowest BCUT2D eigenvalue weighted by Gasteiger charge is -2.07. The minimum absolute atomic E-state index is 0.00427. The Bertz CT molecular complexity index is 2360. The second-order valence-electron chi connectivity index (χ2n) is 10.0. The highest BCUT2D eigenvalue weighted by atomic mass is 35.5. The monoisotopic (exact) mass is 646 g/mol. The van der Waals surface area contributed by atoms with Crippen LogP contribution in [0.5, 0.6) is 0 Å². The Hall–Kier alpha value is -5.80. The molecule has 0 saturated carbocycles. The lowest BCUT2D eigenvalue weighted by molar-refractivity contribution is 0.0991. The van der Waals surface area contributed by atoms with Gasteiger partial charge < -0.3 is 8.83 Å². The minimum Gasteiger partial charge on any atom is -0.424 e. The van der Waals surface area contributed by atoms with Crippen LogP contribution in [0.2, 0.25) is 10.0 Å². The molecule has 0 N–H and O–H groups in total. The average Bonchev–Trinajstić information content (AvgIpc) is 3.04. The number of hydrogen-bond donors (Lipinski definition) is 0. The Morgan fingerprint density at radius 3 is 1.78 bits per heavy atom. The zero-order chi connectivity index (χ0) is 33.0. The highest BCUT2D eigenvalue weighted by Gasteiger charge is 2.20. The number of benzene rings is 4. The molecule has 46 heavy (non-hydrogen) atoms. The van der Waals surface area contributed by atoms with E-state index >= 15 is 0 Å². The number of rotatable bonds is 5. The van der Waals surface area contributed by atoms with Gasteiger partial charge in [0.25, 0.3) is 0 Å². The van der Waals surface area contributed by atoms with Gasteiger partial charge in [0.15, 0.2) is 17.2 Å². The molecule has 224 valence electrons. The highest BCUT2D eigenvalue weighted by Crippen LogP contribution is 2.26. The average molecular weight is 647 g/mol. The number of ketones is 2. The van der Waals surface area contributed by atoms with Crippen molar-refractivity contribution in [3.05, 3.63) is 173 Å². The second-order valence-corrected chi connectivity index (χ2v) is 10.9. The fourth-order valence-corrected chi connectivity index (χ4v) is 5.02. The Morgan fingerprint density at radius 2 is 1.22 bits per heavy atom. The van der Waals surface area contributed by atoms with E-state index in [4.69, 9.17) is 45.2 Å². The van der Waals surface area contributed by atoms with Crippen molar-refractivity contribution in [3.8, 4) is 0 Å². The van der Waals surface area contributed by atoms with Crippen molar-refractivity contribution in [2.75, 3.05) is 0 Å². The van der Waals surface area contributed by atoms with Crippen LogP contribution in [0.3, 0.4) is 0 Å². The number of hydrogen-bond acceptors (Lipinski definition) is 6. The molecule has 10 heteroatoms. The summed E-state index contributed by atoms with van der Waals surface area (Å²) in [6, 6.07) is 23.8. The van der Waals surface area contributed by atoms with E-state index in [1.54, 1.807) is 79.7 Å². The van der Waals surface area contributed by atoms with Crippen molar-refractivity contribution in [1.82, 2.24) is 0 Å². The van der Waals surface area contributed by atoms with Crippen LogP contribution in [0, 0.1) is 20.1 Å². The summed E-state index contributed by atoms with van der Waals surface area (Å²) in [7, 11) is 0. The molecular formula is C36H20Cl2N2O6. The van der Waals surface area contributed by atoms with Crippen LogP contribution in [0.4, 0.5) is 11.4 Å². The zero-order valence-corrected chi connectivity index (χ0v) is 25.5. The molecule has 0 aliphatic heterocycles. The van der Waals surface area contributed by atoms with Crippen molar-refractivity contribution in [2.45, 2.75) is 13.3 Å². The Kier molecular flexibility index (Phi) is 9.25. The number of aryl methyl sites for hydroxylation is 1. The molecule has 0 fully saturated rings. The van der Waals surface area contributed by atoms with Crippen molar-refractivity contribution < 1.29 is 18.4 Å². The molecule has 0 saturated heterocycles. The normalized spacial score (nSPS) is 10.5. The standard InChI is InChI=1S/2C18H10ClNO3/c1-10-14-8-7-13(20-2)9-15(14)23-18(22)16(10)17(21)11-3-5-12(19)6-4-11;1-20-14-6-7-15-12(9-18(22)23-17(15)10-14)8-16(21)11-2-4-13(19)5-3-11/h3-9H,1H3;2-7,9-10H,8H2. The molecule has 0 spiro atoms. The summed E-state index contributed by atoms with van der Waals surface area (Å²) in [4.78, 5) is 55.5. The lowest BCUT2D eigenvalue weighted by Crippen LogP contribution is -2.17. The predicted molar refractivity (Wildman–Crippen MR) is 177 cm³/mol. The van der Waals surface area contributed by atoms with Crippen LogP contribution in [-0.2, 0) is 6.42 Å². The summed E-state index contributed by atoms with van der Waals surface area (Å²) in [6.07, 6.45) is 0.0705. The van der Waals surface area contributed by atoms with Crippen molar-refractivity contribution in [2.24, 2.45) is 0 Å². The molecule has 0 atom stereocenters. The summed E-state index contributed by atoms with van der Waals surface area (Å²) >= 11 is 11.6. The van der Waals surface area contributed by atoms with E-state index in [-0.39, 0.29) is 17.8 Å². The molecule has 0 amide bonds. The maximum Gasteiger partial charge on any atom is 0.347 e. The fraction of sp³-hybridized carbons (Fsp3) is 0.0556. The fourth-order valence-electron chi connectivity index (χ4n) is 4.77. The number of carbonyl (C=O) groups is 2. The van der Waals surface area contributed by atoms with Gasteiger partial charge >= 0.3 is 11.3 Å². The van der Waals surface area contributed by atoms with Gasteiger partial charge in [-0.1, -0.05) is 47.5 Å². The van der Waals surface area contributed by atoms with E-state index in [1.165, 1.54) is 18.2 Å². The van der Waals surface area contributed by atoms with E-state index in [9.17, 15) is 19.2 Å². The third kappa shape index (κ3) is 6.80. The van der Waals surface area contributed by atoms with Gasteiger partial charge in [-0.3, -0.25) is 9.59 Å². The van der Waals surface area contributed by atoms with Crippen molar-refractivity contribution in [1.29, 1.82) is 0 Å². The summed E-state index contributed by atoms with van der Waals surface area (Å²) in [5, 5.41) is 2.35. The Morgan fingerprint density at radius 1 is 0.696 bits per heavy atom. The van der Waals surface area contributed by atoms with Crippen LogP contribution in [0.1, 0.15) is 37.4 Å². The molecule has 6 rings (SSSR count). The molecule has 0 unspecified atom stereocenters. The topological polar surface area (TPSA) is 103 Å². The summed E-state index contributed by atoms with van der Waals surface area (Å²) in [5.41, 5.74) is 2.10. The predicted octanol–water partition coefficient (Wildman–Crippen LogP) is 8.96. The number of fused-ring (bicyclic) bond motifs is 2. The van der Waals surface area contributed by atoms with E-state index in [0.717, 1.165) is 0 Å². The van der Waals surface area contributed by atoms with Crippen LogP contribution in [0.25, 0.3) is 31.6 Å². The summed E-state index contributed by atoms with van der Waals surface area (Å²) in [5.74, 6) is -0.535. The van der Waals surface area contributed by atoms with Gasteiger partial charge in [-0.15, -0.1) is 0 Å². The molecule has 4 aromatic carbocycles. The van der Waals surface area contributed by atoms with E-state index in [0.29, 0.717) is 65.6 Å². The number of Topliss-reactive ketones (excluding diaryl/α,β-unsaturated/α-hetero) is 1. The molecular weight excluding hydrogens is 627 g/mol. The first kappa shape index (κ1) is 31.6. The van der Waals surface area contributed by atoms with Gasteiger partial charge in [-0.2, -0.15) is 0 Å². The smallest absolute Gasteiger partial charge is 0.347 e. The van der Waals surface area contributed by atoms with Crippen molar-refractivity contribution >= 4 is 68.1 Å². The molecule has 8 nitrogen and oxygen atoms in total. The molecule has 0 radical (unpaired) electrons. The molecule has 2 heterocycles. The maximum atomic E-state index is 12.6. The van der Waals surface area contributed by atoms with E-state index in [1.807, 2.05) is 0 Å². The highest BCUT2D eigenvalue weighted by molar-refractivity contribution is 6.31. The zero-order valence-electron chi connectivity index (χ0n) is 24.0. The largest absolute Gasteiger partial charge is 0.424 e. The van der Waals surface area contributed by atoms with Crippen LogP contribution in [0.15, 0.2) is 109 Å². The van der Waals surface area contributed by atoms with Gasteiger partial charge in [0.1, 0.15) is 16.7 Å².